The maximum Gasteiger partial charge on any atom is 0.417 e. The Kier molecular flexibility index (Phi) is 5.68. The van der Waals surface area contributed by atoms with E-state index in [2.05, 4.69) is 4.74 Å². The fourth-order valence-electron chi connectivity index (χ4n) is 1.79. The molecule has 21 heavy (non-hydrogen) atoms. The number of likely N-dealkylation sites (N-methyl/N-ethyl adjacent to an activating group) is 1. The average molecular weight is 309 g/mol. The maximum atomic E-state index is 13.0. The van der Waals surface area contributed by atoms with Crippen molar-refractivity contribution in [3.8, 4) is 0 Å². The van der Waals surface area contributed by atoms with Gasteiger partial charge in [0.1, 0.15) is 5.82 Å². The largest absolute Gasteiger partial charge is 0.417 e. The lowest BCUT2D eigenvalue weighted by Gasteiger charge is -2.22. The summed E-state index contributed by atoms with van der Waals surface area (Å²) in [5, 5.41) is 9.49. The summed E-state index contributed by atoms with van der Waals surface area (Å²) >= 11 is 0. The fourth-order valence-corrected chi connectivity index (χ4v) is 1.79. The summed E-state index contributed by atoms with van der Waals surface area (Å²) in [6.07, 6.45) is -5.88. The normalized spacial score (nSPS) is 13.1. The Labute approximate surface area is 118 Å². The first-order chi connectivity index (χ1) is 9.66. The highest BCUT2D eigenvalue weighted by Gasteiger charge is 2.36. The molecule has 0 saturated carbocycles. The Morgan fingerprint density at radius 3 is 2.57 bits per heavy atom. The van der Waals surface area contributed by atoms with E-state index in [4.69, 9.17) is 0 Å². The zero-order chi connectivity index (χ0) is 16.2. The SMILES string of the molecule is COCC(O)CN(C)C(=O)c1ccc(F)cc1C(F)(F)F. The van der Waals surface area contributed by atoms with E-state index in [0.717, 1.165) is 17.0 Å². The second kappa shape index (κ2) is 6.86. The van der Waals surface area contributed by atoms with Gasteiger partial charge in [-0.15, -0.1) is 0 Å². The molecule has 0 aliphatic heterocycles. The Hall–Kier alpha value is -1.67. The number of methoxy groups -OCH3 is 1. The van der Waals surface area contributed by atoms with Crippen LogP contribution in [-0.4, -0.2) is 49.3 Å². The number of benzene rings is 1. The minimum Gasteiger partial charge on any atom is -0.389 e. The molecule has 4 nitrogen and oxygen atoms in total. The molecule has 0 heterocycles. The molecule has 8 heteroatoms. The number of hydrogen-bond donors (Lipinski definition) is 1. The summed E-state index contributed by atoms with van der Waals surface area (Å²) < 4.78 is 56.1. The smallest absolute Gasteiger partial charge is 0.389 e. The van der Waals surface area contributed by atoms with Crippen LogP contribution >= 0.6 is 0 Å². The molecule has 1 atom stereocenters. The van der Waals surface area contributed by atoms with E-state index in [0.29, 0.717) is 0 Å². The average Bonchev–Trinajstić information content (AvgIpc) is 2.37. The lowest BCUT2D eigenvalue weighted by molar-refractivity contribution is -0.138. The van der Waals surface area contributed by atoms with E-state index >= 15 is 0 Å². The number of rotatable bonds is 5. The van der Waals surface area contributed by atoms with Crippen molar-refractivity contribution in [3.63, 3.8) is 0 Å². The molecule has 0 radical (unpaired) electrons. The molecule has 0 saturated heterocycles. The summed E-state index contributed by atoms with van der Waals surface area (Å²) in [6.45, 7) is -0.269. The van der Waals surface area contributed by atoms with Crippen molar-refractivity contribution in [2.75, 3.05) is 27.3 Å². The van der Waals surface area contributed by atoms with E-state index in [1.807, 2.05) is 0 Å². The molecular weight excluding hydrogens is 294 g/mol. The van der Waals surface area contributed by atoms with Crippen LogP contribution < -0.4 is 0 Å². The number of carbonyl (C=O) groups is 1. The van der Waals surface area contributed by atoms with Gasteiger partial charge in [-0.05, 0) is 18.2 Å². The predicted molar refractivity (Wildman–Crippen MR) is 66.2 cm³/mol. The number of amides is 1. The summed E-state index contributed by atoms with van der Waals surface area (Å²) in [5.41, 5.74) is -2.02. The zero-order valence-corrected chi connectivity index (χ0v) is 11.4. The number of hydrogen-bond acceptors (Lipinski definition) is 3. The van der Waals surface area contributed by atoms with E-state index in [9.17, 15) is 27.5 Å². The van der Waals surface area contributed by atoms with Crippen LogP contribution in [0.25, 0.3) is 0 Å². The van der Waals surface area contributed by atoms with E-state index in [-0.39, 0.29) is 19.2 Å². The first-order valence-corrected chi connectivity index (χ1v) is 5.96. The van der Waals surface area contributed by atoms with E-state index in [1.54, 1.807) is 0 Å². The Morgan fingerprint density at radius 2 is 2.05 bits per heavy atom. The van der Waals surface area contributed by atoms with Crippen molar-refractivity contribution in [2.45, 2.75) is 12.3 Å². The van der Waals surface area contributed by atoms with Gasteiger partial charge in [-0.25, -0.2) is 4.39 Å². The molecule has 1 unspecified atom stereocenters. The Bertz CT molecular complexity index is 505. The number of aliphatic hydroxyl groups is 1. The molecule has 0 spiro atoms. The third-order valence-electron chi connectivity index (χ3n) is 2.71. The van der Waals surface area contributed by atoms with Crippen molar-refractivity contribution >= 4 is 5.91 Å². The lowest BCUT2D eigenvalue weighted by atomic mass is 10.1. The Balaban J connectivity index is 3.02. The van der Waals surface area contributed by atoms with Crippen LogP contribution in [0.4, 0.5) is 17.6 Å². The Morgan fingerprint density at radius 1 is 1.43 bits per heavy atom. The molecule has 1 aromatic carbocycles. The molecule has 0 aromatic heterocycles. The topological polar surface area (TPSA) is 49.8 Å². The van der Waals surface area contributed by atoms with Crippen LogP contribution in [0.1, 0.15) is 15.9 Å². The minimum absolute atomic E-state index is 0.0623. The van der Waals surface area contributed by atoms with Crippen LogP contribution in [0.2, 0.25) is 0 Å². The second-order valence-corrected chi connectivity index (χ2v) is 4.48. The molecule has 1 N–H and O–H groups in total. The van der Waals surface area contributed by atoms with E-state index in [1.165, 1.54) is 14.2 Å². The monoisotopic (exact) mass is 309 g/mol. The van der Waals surface area contributed by atoms with Crippen LogP contribution in [0, 0.1) is 5.82 Å². The van der Waals surface area contributed by atoms with Gasteiger partial charge in [0.15, 0.2) is 0 Å². The fraction of sp³-hybridized carbons (Fsp3) is 0.462. The van der Waals surface area contributed by atoms with Crippen molar-refractivity contribution < 1.29 is 32.2 Å². The first kappa shape index (κ1) is 17.4. The number of alkyl halides is 3. The van der Waals surface area contributed by atoms with Gasteiger partial charge in [-0.1, -0.05) is 0 Å². The van der Waals surface area contributed by atoms with Crippen LogP contribution in [0.5, 0.6) is 0 Å². The highest BCUT2D eigenvalue weighted by atomic mass is 19.4. The highest BCUT2D eigenvalue weighted by molar-refractivity contribution is 5.95. The number of ether oxygens (including phenoxy) is 1. The van der Waals surface area contributed by atoms with Crippen LogP contribution in [0.3, 0.4) is 0 Å². The number of halogens is 4. The summed E-state index contributed by atoms with van der Waals surface area (Å²) in [6, 6.07) is 1.83. The summed E-state index contributed by atoms with van der Waals surface area (Å²) in [5.74, 6) is -2.04. The summed E-state index contributed by atoms with van der Waals surface area (Å²) in [7, 11) is 2.58. The minimum atomic E-state index is -4.85. The van der Waals surface area contributed by atoms with Gasteiger partial charge in [-0.2, -0.15) is 13.2 Å². The van der Waals surface area contributed by atoms with Crippen molar-refractivity contribution in [3.05, 3.63) is 35.1 Å². The molecule has 1 amide bonds. The van der Waals surface area contributed by atoms with Gasteiger partial charge in [0.2, 0.25) is 0 Å². The molecule has 0 aliphatic carbocycles. The predicted octanol–water partition coefficient (Wildman–Crippen LogP) is 1.92. The number of carbonyl (C=O) groups excluding carboxylic acids is 1. The second-order valence-electron chi connectivity index (χ2n) is 4.48. The quantitative estimate of drug-likeness (QED) is 0.846. The molecular formula is C13H15F4NO3. The third kappa shape index (κ3) is 4.68. The van der Waals surface area contributed by atoms with E-state index < -0.39 is 35.1 Å². The lowest BCUT2D eigenvalue weighted by Crippen LogP contribution is -2.37. The molecule has 118 valence electrons. The molecule has 1 aromatic rings. The van der Waals surface area contributed by atoms with Gasteiger partial charge in [0, 0.05) is 20.7 Å². The van der Waals surface area contributed by atoms with Gasteiger partial charge in [-0.3, -0.25) is 4.79 Å². The highest BCUT2D eigenvalue weighted by Crippen LogP contribution is 2.33. The molecule has 1 rings (SSSR count). The van der Waals surface area contributed by atoms with Crippen LogP contribution in [0.15, 0.2) is 18.2 Å². The van der Waals surface area contributed by atoms with Gasteiger partial charge >= 0.3 is 6.18 Å². The molecule has 0 fully saturated rings. The van der Waals surface area contributed by atoms with Crippen molar-refractivity contribution in [1.82, 2.24) is 4.90 Å². The first-order valence-electron chi connectivity index (χ1n) is 5.96. The van der Waals surface area contributed by atoms with Gasteiger partial charge < -0.3 is 14.7 Å². The number of nitrogens with zero attached hydrogens (tertiary/aromatic N) is 1. The molecule has 0 aliphatic rings. The standard InChI is InChI=1S/C13H15F4NO3/c1-18(6-9(19)7-21-2)12(20)10-4-3-8(14)5-11(10)13(15,16)17/h3-5,9,19H,6-7H2,1-2H3. The van der Waals surface area contributed by atoms with Crippen LogP contribution in [-0.2, 0) is 10.9 Å². The van der Waals surface area contributed by atoms with Crippen molar-refractivity contribution in [1.29, 1.82) is 0 Å². The van der Waals surface area contributed by atoms with Crippen molar-refractivity contribution in [2.24, 2.45) is 0 Å². The zero-order valence-electron chi connectivity index (χ0n) is 11.4. The third-order valence-corrected chi connectivity index (χ3v) is 2.71. The van der Waals surface area contributed by atoms with Gasteiger partial charge in [0.05, 0.1) is 23.8 Å². The molecule has 0 bridgehead atoms. The maximum absolute atomic E-state index is 13.0. The van der Waals surface area contributed by atoms with Gasteiger partial charge in [0.25, 0.3) is 5.91 Å². The number of aliphatic hydroxyl groups excluding tert-OH is 1. The summed E-state index contributed by atoms with van der Waals surface area (Å²) in [4.78, 5) is 12.9.